The number of aromatic amines is 1. The average Bonchev–Trinajstić information content (AvgIpc) is 2.87. The van der Waals surface area contributed by atoms with E-state index in [1.807, 2.05) is 0 Å². The van der Waals surface area contributed by atoms with Crippen molar-refractivity contribution in [3.05, 3.63) is 17.2 Å². The number of rotatable bonds is 1. The van der Waals surface area contributed by atoms with E-state index < -0.39 is 0 Å². The lowest BCUT2D eigenvalue weighted by atomic mass is 10.2. The van der Waals surface area contributed by atoms with Crippen molar-refractivity contribution in [3.63, 3.8) is 0 Å². The smallest absolute Gasteiger partial charge is 0.224 e. The highest BCUT2D eigenvalue weighted by Crippen LogP contribution is 2.41. The van der Waals surface area contributed by atoms with Crippen LogP contribution in [0.2, 0.25) is 5.28 Å². The number of nitrogens with zero attached hydrogens (tertiary/aromatic N) is 3. The van der Waals surface area contributed by atoms with E-state index in [2.05, 4.69) is 20.2 Å². The van der Waals surface area contributed by atoms with E-state index in [9.17, 15) is 0 Å². The van der Waals surface area contributed by atoms with Crippen molar-refractivity contribution in [2.24, 2.45) is 0 Å². The highest BCUT2D eigenvalue weighted by Gasteiger charge is 2.27. The van der Waals surface area contributed by atoms with Crippen molar-refractivity contribution < 1.29 is 0 Å². The summed E-state index contributed by atoms with van der Waals surface area (Å²) in [6.07, 6.45) is 4.21. The van der Waals surface area contributed by atoms with Crippen LogP contribution < -0.4 is 0 Å². The van der Waals surface area contributed by atoms with Crippen LogP contribution in [0.4, 0.5) is 0 Å². The second-order valence-corrected chi connectivity index (χ2v) is 3.63. The van der Waals surface area contributed by atoms with Crippen molar-refractivity contribution in [2.45, 2.75) is 18.8 Å². The minimum absolute atomic E-state index is 0.251. The number of hydrogen-bond acceptors (Lipinski definition) is 3. The summed E-state index contributed by atoms with van der Waals surface area (Å²) in [6, 6.07) is 0. The molecule has 1 aliphatic carbocycles. The summed E-state index contributed by atoms with van der Waals surface area (Å²) in [7, 11) is 0. The van der Waals surface area contributed by atoms with Gasteiger partial charge < -0.3 is 0 Å². The average molecular weight is 195 g/mol. The fourth-order valence-corrected chi connectivity index (χ4v) is 1.61. The van der Waals surface area contributed by atoms with E-state index in [4.69, 9.17) is 11.6 Å². The molecular weight excluding hydrogens is 188 g/mol. The SMILES string of the molecule is Clc1ncc2c(C3CC3)[nH]nc2n1. The van der Waals surface area contributed by atoms with Crippen molar-refractivity contribution in [1.29, 1.82) is 0 Å². The molecule has 0 spiro atoms. The molecule has 0 bridgehead atoms. The lowest BCUT2D eigenvalue weighted by Gasteiger charge is -1.91. The van der Waals surface area contributed by atoms with Gasteiger partial charge in [-0.15, -0.1) is 0 Å². The minimum Gasteiger partial charge on any atom is -0.279 e. The zero-order chi connectivity index (χ0) is 8.84. The highest BCUT2D eigenvalue weighted by molar-refractivity contribution is 6.28. The predicted molar refractivity (Wildman–Crippen MR) is 48.7 cm³/mol. The second kappa shape index (κ2) is 2.42. The summed E-state index contributed by atoms with van der Waals surface area (Å²) in [5.74, 6) is 0.634. The van der Waals surface area contributed by atoms with Gasteiger partial charge in [0.2, 0.25) is 5.28 Å². The van der Waals surface area contributed by atoms with Crippen LogP contribution in [0.15, 0.2) is 6.20 Å². The number of hydrogen-bond donors (Lipinski definition) is 1. The monoisotopic (exact) mass is 194 g/mol. The van der Waals surface area contributed by atoms with Gasteiger partial charge in [-0.3, -0.25) is 5.10 Å². The number of H-pyrrole nitrogens is 1. The third-order valence-electron chi connectivity index (χ3n) is 2.30. The molecule has 66 valence electrons. The molecule has 1 N–H and O–H groups in total. The van der Waals surface area contributed by atoms with Crippen LogP contribution in [0.1, 0.15) is 24.5 Å². The van der Waals surface area contributed by atoms with E-state index in [1.165, 1.54) is 12.8 Å². The zero-order valence-electron chi connectivity index (χ0n) is 6.79. The molecule has 0 aromatic carbocycles. The molecule has 13 heavy (non-hydrogen) atoms. The third-order valence-corrected chi connectivity index (χ3v) is 2.48. The Hall–Kier alpha value is -1.16. The molecule has 1 aliphatic rings. The van der Waals surface area contributed by atoms with Gasteiger partial charge in [0.15, 0.2) is 5.65 Å². The Morgan fingerprint density at radius 1 is 1.46 bits per heavy atom. The molecular formula is C8H7ClN4. The first-order valence-corrected chi connectivity index (χ1v) is 4.59. The molecule has 0 unspecified atom stereocenters. The Morgan fingerprint density at radius 2 is 2.31 bits per heavy atom. The fourth-order valence-electron chi connectivity index (χ4n) is 1.48. The first-order valence-electron chi connectivity index (χ1n) is 4.21. The van der Waals surface area contributed by atoms with Crippen molar-refractivity contribution in [1.82, 2.24) is 20.2 Å². The molecule has 0 atom stereocenters. The molecule has 5 heteroatoms. The Balaban J connectivity index is 2.26. The maximum atomic E-state index is 5.65. The van der Waals surface area contributed by atoms with Gasteiger partial charge >= 0.3 is 0 Å². The molecule has 2 aromatic rings. The summed E-state index contributed by atoms with van der Waals surface area (Å²) in [4.78, 5) is 7.96. The number of halogens is 1. The van der Waals surface area contributed by atoms with E-state index in [0.29, 0.717) is 11.6 Å². The standard InChI is InChI=1S/C8H7ClN4/c9-8-10-3-5-6(4-1-2-4)12-13-7(5)11-8/h3-4H,1-2H2,(H,10,11,12,13). The van der Waals surface area contributed by atoms with Gasteiger partial charge in [-0.2, -0.15) is 10.1 Å². The summed E-state index contributed by atoms with van der Waals surface area (Å²) in [5.41, 5.74) is 1.83. The number of aromatic nitrogens is 4. The summed E-state index contributed by atoms with van der Waals surface area (Å²) < 4.78 is 0. The van der Waals surface area contributed by atoms with Crippen LogP contribution in [-0.4, -0.2) is 20.2 Å². The van der Waals surface area contributed by atoms with Gasteiger partial charge in [0, 0.05) is 17.8 Å². The molecule has 0 saturated heterocycles. The molecule has 1 fully saturated rings. The number of nitrogens with one attached hydrogen (secondary N) is 1. The van der Waals surface area contributed by atoms with Crippen molar-refractivity contribution in [3.8, 4) is 0 Å². The molecule has 4 nitrogen and oxygen atoms in total. The minimum atomic E-state index is 0.251. The molecule has 2 aromatic heterocycles. The van der Waals surface area contributed by atoms with Crippen LogP contribution >= 0.6 is 11.6 Å². The normalized spacial score (nSPS) is 16.7. The predicted octanol–water partition coefficient (Wildman–Crippen LogP) is 1.88. The zero-order valence-corrected chi connectivity index (χ0v) is 7.54. The van der Waals surface area contributed by atoms with Crippen LogP contribution in [0, 0.1) is 0 Å². The maximum Gasteiger partial charge on any atom is 0.224 e. The third kappa shape index (κ3) is 1.09. The first-order chi connectivity index (χ1) is 6.34. The Labute approximate surface area is 79.3 Å². The van der Waals surface area contributed by atoms with Crippen LogP contribution in [-0.2, 0) is 0 Å². The molecule has 0 aliphatic heterocycles. The quantitative estimate of drug-likeness (QED) is 0.706. The van der Waals surface area contributed by atoms with Gasteiger partial charge in [0.25, 0.3) is 0 Å². The van der Waals surface area contributed by atoms with Crippen LogP contribution in [0.5, 0.6) is 0 Å². The van der Waals surface area contributed by atoms with Gasteiger partial charge in [-0.25, -0.2) is 4.98 Å². The largest absolute Gasteiger partial charge is 0.279 e. The van der Waals surface area contributed by atoms with Crippen LogP contribution in [0.25, 0.3) is 11.0 Å². The van der Waals surface area contributed by atoms with Gasteiger partial charge in [0.1, 0.15) is 0 Å². The van der Waals surface area contributed by atoms with Crippen LogP contribution in [0.3, 0.4) is 0 Å². The molecule has 0 amide bonds. The first kappa shape index (κ1) is 7.26. The lowest BCUT2D eigenvalue weighted by Crippen LogP contribution is -1.83. The Bertz CT molecular complexity index is 460. The molecule has 3 rings (SSSR count). The van der Waals surface area contributed by atoms with Gasteiger partial charge in [0.05, 0.1) is 5.39 Å². The van der Waals surface area contributed by atoms with E-state index in [-0.39, 0.29) is 5.28 Å². The topological polar surface area (TPSA) is 54.5 Å². The van der Waals surface area contributed by atoms with Gasteiger partial charge in [-0.1, -0.05) is 0 Å². The van der Waals surface area contributed by atoms with E-state index in [1.54, 1.807) is 6.20 Å². The van der Waals surface area contributed by atoms with Crippen molar-refractivity contribution in [2.75, 3.05) is 0 Å². The summed E-state index contributed by atoms with van der Waals surface area (Å²) in [6.45, 7) is 0. The van der Waals surface area contributed by atoms with E-state index >= 15 is 0 Å². The number of fused-ring (bicyclic) bond motifs is 1. The van der Waals surface area contributed by atoms with Gasteiger partial charge in [-0.05, 0) is 24.4 Å². The maximum absolute atomic E-state index is 5.65. The lowest BCUT2D eigenvalue weighted by molar-refractivity contribution is 0.974. The molecule has 0 radical (unpaired) electrons. The van der Waals surface area contributed by atoms with Crippen molar-refractivity contribution >= 4 is 22.6 Å². The second-order valence-electron chi connectivity index (χ2n) is 3.29. The Kier molecular flexibility index (Phi) is 1.35. The molecule has 2 heterocycles. The summed E-state index contributed by atoms with van der Waals surface area (Å²) >= 11 is 5.65. The highest BCUT2D eigenvalue weighted by atomic mass is 35.5. The summed E-state index contributed by atoms with van der Waals surface area (Å²) in [5, 5.41) is 8.33. The Morgan fingerprint density at radius 3 is 3.08 bits per heavy atom. The fraction of sp³-hybridized carbons (Fsp3) is 0.375. The van der Waals surface area contributed by atoms with E-state index in [0.717, 1.165) is 11.1 Å². The molecule has 1 saturated carbocycles.